The van der Waals surface area contributed by atoms with Crippen LogP contribution in [0.4, 0.5) is 23.2 Å². The van der Waals surface area contributed by atoms with Gasteiger partial charge in [-0.2, -0.15) is 13.2 Å². The lowest BCUT2D eigenvalue weighted by atomic mass is 10.1. The highest BCUT2D eigenvalue weighted by atomic mass is 19.4. The number of nitrogens with zero attached hydrogens (tertiary/aromatic N) is 1. The van der Waals surface area contributed by atoms with Crippen LogP contribution in [0.1, 0.15) is 39.6 Å². The van der Waals surface area contributed by atoms with Gasteiger partial charge in [0.15, 0.2) is 0 Å². The van der Waals surface area contributed by atoms with Crippen LogP contribution in [0.3, 0.4) is 0 Å². The molecule has 1 aromatic heterocycles. The molecule has 1 aromatic carbocycles. The van der Waals surface area contributed by atoms with E-state index in [1.807, 2.05) is 0 Å². The number of nitrogens with one attached hydrogen (secondary N) is 1. The predicted octanol–water partition coefficient (Wildman–Crippen LogP) is 3.38. The molecule has 1 aliphatic carbocycles. The second-order valence-corrected chi connectivity index (χ2v) is 5.81. The van der Waals surface area contributed by atoms with Gasteiger partial charge in [-0.05, 0) is 42.2 Å². The van der Waals surface area contributed by atoms with Gasteiger partial charge in [0.25, 0.3) is 5.91 Å². The lowest BCUT2D eigenvalue weighted by Gasteiger charge is -2.12. The Balaban J connectivity index is 1.91. The average molecular weight is 341 g/mol. The van der Waals surface area contributed by atoms with E-state index in [0.717, 1.165) is 23.6 Å². The molecule has 3 N–H and O–H groups in total. The number of rotatable bonds is 2. The van der Waals surface area contributed by atoms with Gasteiger partial charge in [-0.15, -0.1) is 0 Å². The highest BCUT2D eigenvalue weighted by Crippen LogP contribution is 2.35. The summed E-state index contributed by atoms with van der Waals surface area (Å²) >= 11 is 0. The molecule has 2 aromatic rings. The van der Waals surface area contributed by atoms with Crippen molar-refractivity contribution in [3.63, 3.8) is 0 Å². The number of fused-ring (bicyclic) bond motifs is 1. The number of hydrogen-bond donors (Lipinski definition) is 2. The maximum Gasteiger partial charge on any atom is 0.419 e. The highest BCUT2D eigenvalue weighted by molar-refractivity contribution is 6.04. The molecule has 1 amide bonds. The molecule has 0 radical (unpaired) electrons. The first-order chi connectivity index (χ1) is 11.2. The molecule has 4 nitrogen and oxygen atoms in total. The minimum Gasteiger partial charge on any atom is -0.346 e. The summed E-state index contributed by atoms with van der Waals surface area (Å²) in [5.74, 6) is -1.93. The second kappa shape index (κ2) is 5.62. The standard InChI is InChI=1S/C16H15F4N3O/c1-23-7-10-9(3-5-13(10)21)14(23)15(24)22-8-2-4-12(17)11(6-8)16(18,19)20/h2,4,6-7,13H,3,5,21H2,1H3,(H,22,24). The van der Waals surface area contributed by atoms with Crippen molar-refractivity contribution in [1.29, 1.82) is 0 Å². The molecule has 0 fully saturated rings. The second-order valence-electron chi connectivity index (χ2n) is 5.81. The number of halogens is 4. The summed E-state index contributed by atoms with van der Waals surface area (Å²) in [7, 11) is 1.67. The zero-order valence-electron chi connectivity index (χ0n) is 12.7. The van der Waals surface area contributed by atoms with Crippen molar-refractivity contribution in [2.24, 2.45) is 12.8 Å². The van der Waals surface area contributed by atoms with Crippen molar-refractivity contribution in [3.8, 4) is 0 Å². The van der Waals surface area contributed by atoms with E-state index in [-0.39, 0.29) is 11.7 Å². The molecule has 24 heavy (non-hydrogen) atoms. The zero-order valence-corrected chi connectivity index (χ0v) is 12.7. The van der Waals surface area contributed by atoms with Gasteiger partial charge in [-0.3, -0.25) is 4.79 Å². The largest absolute Gasteiger partial charge is 0.419 e. The SMILES string of the molecule is Cn1cc2c(c1C(=O)Nc1ccc(F)c(C(F)(F)F)c1)CCC2N. The fourth-order valence-electron chi connectivity index (χ4n) is 3.05. The van der Waals surface area contributed by atoms with Crippen LogP contribution in [0.25, 0.3) is 0 Å². The Morgan fingerprint density at radius 3 is 2.75 bits per heavy atom. The smallest absolute Gasteiger partial charge is 0.346 e. The summed E-state index contributed by atoms with van der Waals surface area (Å²) in [6, 6.07) is 2.22. The third-order valence-corrected chi connectivity index (χ3v) is 4.17. The number of aryl methyl sites for hydroxylation is 1. The molecule has 0 spiro atoms. The van der Waals surface area contributed by atoms with Gasteiger partial charge in [0, 0.05) is 25.0 Å². The average Bonchev–Trinajstić information content (AvgIpc) is 2.98. The topological polar surface area (TPSA) is 60.0 Å². The summed E-state index contributed by atoms with van der Waals surface area (Å²) in [6.07, 6.45) is -1.71. The highest BCUT2D eigenvalue weighted by Gasteiger charge is 2.34. The number of benzene rings is 1. The first kappa shape index (κ1) is 16.5. The van der Waals surface area contributed by atoms with Gasteiger partial charge in [0.05, 0.1) is 5.56 Å². The first-order valence-electron chi connectivity index (χ1n) is 7.30. The Morgan fingerprint density at radius 1 is 1.38 bits per heavy atom. The molecular weight excluding hydrogens is 326 g/mol. The van der Waals surface area contributed by atoms with Crippen LogP contribution in [0, 0.1) is 5.82 Å². The van der Waals surface area contributed by atoms with E-state index in [4.69, 9.17) is 5.73 Å². The number of carbonyl (C=O) groups excluding carboxylic acids is 1. The van der Waals surface area contributed by atoms with Crippen LogP contribution in [0.2, 0.25) is 0 Å². The summed E-state index contributed by atoms with van der Waals surface area (Å²) in [5, 5.41) is 2.40. The molecule has 128 valence electrons. The van der Waals surface area contributed by atoms with Crippen molar-refractivity contribution in [3.05, 3.63) is 52.6 Å². The van der Waals surface area contributed by atoms with Crippen LogP contribution in [0.5, 0.6) is 0 Å². The molecule has 1 heterocycles. The van der Waals surface area contributed by atoms with Gasteiger partial charge in [0.1, 0.15) is 11.5 Å². The fourth-order valence-corrected chi connectivity index (χ4v) is 3.05. The molecule has 0 bridgehead atoms. The Labute approximate surface area is 135 Å². The van der Waals surface area contributed by atoms with E-state index in [9.17, 15) is 22.4 Å². The van der Waals surface area contributed by atoms with E-state index in [2.05, 4.69) is 5.32 Å². The maximum atomic E-state index is 13.3. The van der Waals surface area contributed by atoms with Crippen molar-refractivity contribution in [2.45, 2.75) is 25.1 Å². The van der Waals surface area contributed by atoms with E-state index in [0.29, 0.717) is 24.2 Å². The number of carbonyl (C=O) groups is 1. The first-order valence-corrected chi connectivity index (χ1v) is 7.30. The Bertz CT molecular complexity index is 810. The van der Waals surface area contributed by atoms with Crippen molar-refractivity contribution >= 4 is 11.6 Å². The molecule has 1 aliphatic rings. The summed E-state index contributed by atoms with van der Waals surface area (Å²) in [6.45, 7) is 0. The van der Waals surface area contributed by atoms with Crippen LogP contribution >= 0.6 is 0 Å². The van der Waals surface area contributed by atoms with Gasteiger partial charge in [-0.25, -0.2) is 4.39 Å². The van der Waals surface area contributed by atoms with Crippen molar-refractivity contribution in [1.82, 2.24) is 4.57 Å². The molecule has 0 aliphatic heterocycles. The molecular formula is C16H15F4N3O. The number of aromatic nitrogens is 1. The van der Waals surface area contributed by atoms with E-state index in [1.54, 1.807) is 17.8 Å². The number of hydrogen-bond acceptors (Lipinski definition) is 2. The summed E-state index contributed by atoms with van der Waals surface area (Å²) in [4.78, 5) is 12.5. The lowest BCUT2D eigenvalue weighted by Crippen LogP contribution is -2.18. The monoisotopic (exact) mass is 341 g/mol. The molecule has 1 unspecified atom stereocenters. The molecule has 0 saturated heterocycles. The molecule has 8 heteroatoms. The molecule has 3 rings (SSSR count). The van der Waals surface area contributed by atoms with E-state index >= 15 is 0 Å². The minimum atomic E-state index is -4.83. The molecule has 1 atom stereocenters. The van der Waals surface area contributed by atoms with Crippen molar-refractivity contribution in [2.75, 3.05) is 5.32 Å². The van der Waals surface area contributed by atoms with Crippen LogP contribution in [0.15, 0.2) is 24.4 Å². The minimum absolute atomic E-state index is 0.119. The Kier molecular flexibility index (Phi) is 3.87. The Morgan fingerprint density at radius 2 is 2.08 bits per heavy atom. The number of anilines is 1. The quantitative estimate of drug-likeness (QED) is 0.823. The third-order valence-electron chi connectivity index (χ3n) is 4.17. The van der Waals surface area contributed by atoms with E-state index in [1.165, 1.54) is 0 Å². The fraction of sp³-hybridized carbons (Fsp3) is 0.312. The summed E-state index contributed by atoms with van der Waals surface area (Å²) < 4.78 is 53.2. The van der Waals surface area contributed by atoms with Gasteiger partial charge >= 0.3 is 6.18 Å². The van der Waals surface area contributed by atoms with Crippen LogP contribution in [-0.2, 0) is 19.6 Å². The predicted molar refractivity (Wildman–Crippen MR) is 80.0 cm³/mol. The number of amides is 1. The van der Waals surface area contributed by atoms with Crippen LogP contribution < -0.4 is 11.1 Å². The molecule has 0 saturated carbocycles. The van der Waals surface area contributed by atoms with E-state index < -0.39 is 23.5 Å². The van der Waals surface area contributed by atoms with Gasteiger partial charge in [0.2, 0.25) is 0 Å². The van der Waals surface area contributed by atoms with Crippen LogP contribution in [-0.4, -0.2) is 10.5 Å². The Hall–Kier alpha value is -2.35. The van der Waals surface area contributed by atoms with Gasteiger partial charge in [-0.1, -0.05) is 0 Å². The normalized spacial score (nSPS) is 17.0. The maximum absolute atomic E-state index is 13.3. The number of alkyl halides is 3. The van der Waals surface area contributed by atoms with Gasteiger partial charge < -0.3 is 15.6 Å². The zero-order chi connectivity index (χ0) is 17.6. The summed E-state index contributed by atoms with van der Waals surface area (Å²) in [5.41, 5.74) is 6.45. The van der Waals surface area contributed by atoms with Crippen molar-refractivity contribution < 1.29 is 22.4 Å². The third kappa shape index (κ3) is 2.77. The lowest BCUT2D eigenvalue weighted by molar-refractivity contribution is -0.139. The number of nitrogens with two attached hydrogens (primary N) is 1.